The van der Waals surface area contributed by atoms with Gasteiger partial charge in [0.15, 0.2) is 5.96 Å². The molecule has 0 fully saturated rings. The second kappa shape index (κ2) is 9.33. The van der Waals surface area contributed by atoms with E-state index in [0.717, 1.165) is 50.6 Å². The van der Waals surface area contributed by atoms with Crippen molar-refractivity contribution in [3.8, 4) is 0 Å². The molecule has 0 aliphatic rings. The van der Waals surface area contributed by atoms with Crippen molar-refractivity contribution in [2.75, 3.05) is 19.6 Å². The minimum atomic E-state index is 0.721. The molecule has 0 aromatic carbocycles. The first-order valence-corrected chi connectivity index (χ1v) is 6.52. The predicted octanol–water partition coefficient (Wildman–Crippen LogP) is 2.34. The standard InChI is InChI=1S/C14H23N3O/c1-3-5-10-16-14(15-9-4-2)17-11-8-13-7-6-12-18-13/h4,6-7,12H,2-3,5,8-11H2,1H3,(H2,15,16,17). The van der Waals surface area contributed by atoms with Crippen LogP contribution in [0.15, 0.2) is 40.5 Å². The van der Waals surface area contributed by atoms with Gasteiger partial charge in [-0.25, -0.2) is 0 Å². The van der Waals surface area contributed by atoms with E-state index in [4.69, 9.17) is 4.42 Å². The molecule has 0 radical (unpaired) electrons. The molecule has 0 aliphatic heterocycles. The van der Waals surface area contributed by atoms with Gasteiger partial charge in [-0.1, -0.05) is 19.4 Å². The molecule has 1 aromatic rings. The lowest BCUT2D eigenvalue weighted by molar-refractivity contribution is 0.507. The summed E-state index contributed by atoms with van der Waals surface area (Å²) in [4.78, 5) is 4.49. The van der Waals surface area contributed by atoms with Crippen molar-refractivity contribution in [3.05, 3.63) is 36.8 Å². The third-order valence-corrected chi connectivity index (χ3v) is 2.44. The van der Waals surface area contributed by atoms with Gasteiger partial charge in [0.25, 0.3) is 0 Å². The fourth-order valence-corrected chi connectivity index (χ4v) is 1.45. The molecule has 0 atom stereocenters. The number of guanidine groups is 1. The van der Waals surface area contributed by atoms with Gasteiger partial charge in [0.2, 0.25) is 0 Å². The van der Waals surface area contributed by atoms with Gasteiger partial charge < -0.3 is 15.1 Å². The number of nitrogens with one attached hydrogen (secondary N) is 2. The maximum atomic E-state index is 5.28. The van der Waals surface area contributed by atoms with Gasteiger partial charge in [0.05, 0.1) is 6.26 Å². The first kappa shape index (κ1) is 14.4. The van der Waals surface area contributed by atoms with Gasteiger partial charge in [-0.15, -0.1) is 6.58 Å². The van der Waals surface area contributed by atoms with Crippen LogP contribution in [0.1, 0.15) is 25.5 Å². The summed E-state index contributed by atoms with van der Waals surface area (Å²) in [6, 6.07) is 3.88. The van der Waals surface area contributed by atoms with Crippen molar-refractivity contribution in [1.82, 2.24) is 10.6 Å². The molecule has 1 aromatic heterocycles. The highest BCUT2D eigenvalue weighted by atomic mass is 16.3. The fraction of sp³-hybridized carbons (Fsp3) is 0.500. The van der Waals surface area contributed by atoms with Crippen LogP contribution < -0.4 is 10.6 Å². The highest BCUT2D eigenvalue weighted by molar-refractivity contribution is 5.79. The van der Waals surface area contributed by atoms with Crippen molar-refractivity contribution in [2.24, 2.45) is 4.99 Å². The third-order valence-electron chi connectivity index (χ3n) is 2.44. The average molecular weight is 249 g/mol. The van der Waals surface area contributed by atoms with Gasteiger partial charge in [0.1, 0.15) is 5.76 Å². The summed E-state index contributed by atoms with van der Waals surface area (Å²) in [5, 5.41) is 6.48. The number of nitrogens with zero attached hydrogens (tertiary/aromatic N) is 1. The number of rotatable bonds is 8. The van der Waals surface area contributed by atoms with E-state index in [1.807, 2.05) is 18.2 Å². The Morgan fingerprint density at radius 1 is 1.50 bits per heavy atom. The number of unbranched alkanes of at least 4 members (excludes halogenated alkanes) is 1. The van der Waals surface area contributed by atoms with Crippen molar-refractivity contribution < 1.29 is 4.42 Å². The van der Waals surface area contributed by atoms with E-state index in [2.05, 4.69) is 29.1 Å². The zero-order valence-corrected chi connectivity index (χ0v) is 11.1. The Morgan fingerprint density at radius 2 is 2.39 bits per heavy atom. The minimum Gasteiger partial charge on any atom is -0.469 e. The lowest BCUT2D eigenvalue weighted by Gasteiger charge is -2.10. The molecule has 100 valence electrons. The summed E-state index contributed by atoms with van der Waals surface area (Å²) in [5.41, 5.74) is 0. The van der Waals surface area contributed by atoms with Crippen molar-refractivity contribution in [3.63, 3.8) is 0 Å². The van der Waals surface area contributed by atoms with Crippen molar-refractivity contribution in [2.45, 2.75) is 26.2 Å². The molecule has 0 saturated heterocycles. The van der Waals surface area contributed by atoms with E-state index in [9.17, 15) is 0 Å². The Hall–Kier alpha value is -1.71. The van der Waals surface area contributed by atoms with Crippen LogP contribution >= 0.6 is 0 Å². The van der Waals surface area contributed by atoms with E-state index in [-0.39, 0.29) is 0 Å². The monoisotopic (exact) mass is 249 g/mol. The molecule has 1 heterocycles. The summed E-state index contributed by atoms with van der Waals surface area (Å²) >= 11 is 0. The summed E-state index contributed by atoms with van der Waals surface area (Å²) in [6.07, 6.45) is 6.64. The van der Waals surface area contributed by atoms with E-state index >= 15 is 0 Å². The second-order valence-electron chi connectivity index (χ2n) is 4.01. The Morgan fingerprint density at radius 3 is 3.06 bits per heavy atom. The smallest absolute Gasteiger partial charge is 0.191 e. The molecule has 18 heavy (non-hydrogen) atoms. The van der Waals surface area contributed by atoms with Crippen LogP contribution in [0.4, 0.5) is 0 Å². The normalized spacial score (nSPS) is 11.3. The van der Waals surface area contributed by atoms with Crippen molar-refractivity contribution >= 4 is 5.96 Å². The molecule has 4 nitrogen and oxygen atoms in total. The summed E-state index contributed by atoms with van der Waals surface area (Å²) in [5.74, 6) is 1.83. The molecular formula is C14H23N3O. The minimum absolute atomic E-state index is 0.721. The first-order chi connectivity index (χ1) is 8.86. The topological polar surface area (TPSA) is 49.6 Å². The van der Waals surface area contributed by atoms with Crippen LogP contribution in [0.3, 0.4) is 0 Å². The van der Waals surface area contributed by atoms with Gasteiger partial charge in [0, 0.05) is 26.1 Å². The predicted molar refractivity (Wildman–Crippen MR) is 75.8 cm³/mol. The Bertz CT molecular complexity index is 344. The zero-order chi connectivity index (χ0) is 13.1. The maximum Gasteiger partial charge on any atom is 0.191 e. The summed E-state index contributed by atoms with van der Waals surface area (Å²) < 4.78 is 5.28. The molecule has 2 N–H and O–H groups in total. The largest absolute Gasteiger partial charge is 0.469 e. The summed E-state index contributed by atoms with van der Waals surface area (Å²) in [7, 11) is 0. The van der Waals surface area contributed by atoms with Crippen LogP contribution in [-0.2, 0) is 6.42 Å². The number of aliphatic imine (C=N–C) groups is 1. The van der Waals surface area contributed by atoms with Gasteiger partial charge >= 0.3 is 0 Å². The van der Waals surface area contributed by atoms with E-state index in [1.165, 1.54) is 0 Å². The number of hydrogen-bond acceptors (Lipinski definition) is 2. The molecule has 0 unspecified atom stereocenters. The highest BCUT2D eigenvalue weighted by Crippen LogP contribution is 1.99. The van der Waals surface area contributed by atoms with Gasteiger partial charge in [-0.2, -0.15) is 0 Å². The maximum absolute atomic E-state index is 5.28. The molecule has 0 amide bonds. The quantitative estimate of drug-likeness (QED) is 0.322. The molecule has 1 rings (SSSR count). The number of furan rings is 1. The van der Waals surface area contributed by atoms with E-state index < -0.39 is 0 Å². The average Bonchev–Trinajstić information content (AvgIpc) is 2.88. The molecule has 4 heteroatoms. The Kier molecular flexibility index (Phi) is 7.44. The van der Waals surface area contributed by atoms with Crippen LogP contribution in [0.2, 0.25) is 0 Å². The highest BCUT2D eigenvalue weighted by Gasteiger charge is 1.98. The molecule has 0 bridgehead atoms. The van der Waals surface area contributed by atoms with Crippen LogP contribution in [0, 0.1) is 0 Å². The Labute approximate surface area is 109 Å². The lowest BCUT2D eigenvalue weighted by atomic mass is 10.3. The molecule has 0 saturated carbocycles. The van der Waals surface area contributed by atoms with Gasteiger partial charge in [-0.3, -0.25) is 4.99 Å². The molecule has 0 aliphatic carbocycles. The van der Waals surface area contributed by atoms with Gasteiger partial charge in [-0.05, 0) is 18.6 Å². The number of hydrogen-bond donors (Lipinski definition) is 2. The summed E-state index contributed by atoms with van der Waals surface area (Å²) in [6.45, 7) is 8.23. The second-order valence-corrected chi connectivity index (χ2v) is 4.01. The van der Waals surface area contributed by atoms with Crippen LogP contribution in [-0.4, -0.2) is 25.6 Å². The van der Waals surface area contributed by atoms with E-state index in [0.29, 0.717) is 0 Å². The van der Waals surface area contributed by atoms with Crippen molar-refractivity contribution in [1.29, 1.82) is 0 Å². The van der Waals surface area contributed by atoms with Crippen LogP contribution in [0.5, 0.6) is 0 Å². The lowest BCUT2D eigenvalue weighted by Crippen LogP contribution is -2.38. The first-order valence-electron chi connectivity index (χ1n) is 6.52. The Balaban J connectivity index is 2.30. The van der Waals surface area contributed by atoms with E-state index in [1.54, 1.807) is 6.26 Å². The molecular weight excluding hydrogens is 226 g/mol. The molecule has 0 spiro atoms. The zero-order valence-electron chi connectivity index (χ0n) is 11.1. The fourth-order valence-electron chi connectivity index (χ4n) is 1.45. The SMILES string of the molecule is C=CCNC(=NCCCC)NCCc1ccco1. The van der Waals surface area contributed by atoms with Crippen LogP contribution in [0.25, 0.3) is 0 Å². The third kappa shape index (κ3) is 6.13.